The maximum atomic E-state index is 11.7. The lowest BCUT2D eigenvalue weighted by molar-refractivity contribution is 0.0507. The van der Waals surface area contributed by atoms with E-state index in [9.17, 15) is 14.4 Å². The number of ether oxygens (including phenoxy) is 4. The zero-order valence-corrected chi connectivity index (χ0v) is 18.9. The molecule has 0 bridgehead atoms. The summed E-state index contributed by atoms with van der Waals surface area (Å²) in [5.41, 5.74) is -0.848. The number of carbonyl (C=O) groups excluding carboxylic acids is 3. The fraction of sp³-hybridized carbons (Fsp3) is 0.571. The Kier molecular flexibility index (Phi) is 9.82. The van der Waals surface area contributed by atoms with Gasteiger partial charge >= 0.3 is 12.2 Å². The molecule has 172 valence electrons. The average molecular weight is 437 g/mol. The SMILES string of the molecule is CC(C)(C)OC(=O)NCCOc1ccc(N=C=O)cc1OCCNC(=O)OC(C)(C)C. The first-order chi connectivity index (χ1) is 14.4. The molecule has 10 heteroatoms. The van der Waals surface area contributed by atoms with E-state index in [1.807, 2.05) is 0 Å². The largest absolute Gasteiger partial charge is 0.488 e. The van der Waals surface area contributed by atoms with E-state index in [0.29, 0.717) is 17.2 Å². The fourth-order valence-electron chi connectivity index (χ4n) is 2.11. The lowest BCUT2D eigenvalue weighted by Gasteiger charge is -2.20. The van der Waals surface area contributed by atoms with Gasteiger partial charge in [-0.15, -0.1) is 0 Å². The van der Waals surface area contributed by atoms with E-state index in [-0.39, 0.29) is 26.3 Å². The van der Waals surface area contributed by atoms with Crippen LogP contribution in [-0.2, 0) is 14.3 Å². The fourth-order valence-corrected chi connectivity index (χ4v) is 2.11. The highest BCUT2D eigenvalue weighted by Crippen LogP contribution is 2.31. The van der Waals surface area contributed by atoms with E-state index < -0.39 is 23.4 Å². The molecular formula is C21H31N3O7. The molecule has 1 aromatic rings. The summed E-state index contributed by atoms with van der Waals surface area (Å²) in [7, 11) is 0. The second-order valence-corrected chi connectivity index (χ2v) is 8.39. The maximum Gasteiger partial charge on any atom is 0.407 e. The zero-order chi connectivity index (χ0) is 23.5. The number of amides is 2. The lowest BCUT2D eigenvalue weighted by atomic mass is 10.2. The molecule has 0 radical (unpaired) electrons. The Morgan fingerprint density at radius 1 is 0.871 bits per heavy atom. The quantitative estimate of drug-likeness (QED) is 0.344. The minimum absolute atomic E-state index is 0.125. The number of carbonyl (C=O) groups is 2. The predicted octanol–water partition coefficient (Wildman–Crippen LogP) is 3.46. The molecule has 10 nitrogen and oxygen atoms in total. The number of benzene rings is 1. The molecule has 1 aromatic carbocycles. The van der Waals surface area contributed by atoms with Crippen molar-refractivity contribution < 1.29 is 33.3 Å². The van der Waals surface area contributed by atoms with Gasteiger partial charge < -0.3 is 29.6 Å². The third kappa shape index (κ3) is 12.1. The highest BCUT2D eigenvalue weighted by molar-refractivity contribution is 5.68. The topological polar surface area (TPSA) is 125 Å². The summed E-state index contributed by atoms with van der Waals surface area (Å²) in [6.45, 7) is 11.3. The third-order valence-corrected chi connectivity index (χ3v) is 3.16. The van der Waals surface area contributed by atoms with Crippen molar-refractivity contribution in [2.45, 2.75) is 52.7 Å². The summed E-state index contributed by atoms with van der Waals surface area (Å²) in [5.74, 6) is 0.702. The van der Waals surface area contributed by atoms with Crippen LogP contribution in [0.25, 0.3) is 0 Å². The first-order valence-corrected chi connectivity index (χ1v) is 9.81. The van der Waals surface area contributed by atoms with Crippen LogP contribution >= 0.6 is 0 Å². The van der Waals surface area contributed by atoms with E-state index in [4.69, 9.17) is 18.9 Å². The predicted molar refractivity (Wildman–Crippen MR) is 114 cm³/mol. The Bertz CT molecular complexity index is 791. The highest BCUT2D eigenvalue weighted by atomic mass is 16.6. The van der Waals surface area contributed by atoms with E-state index in [1.54, 1.807) is 53.7 Å². The first kappa shape index (κ1) is 25.8. The second-order valence-electron chi connectivity index (χ2n) is 8.39. The van der Waals surface area contributed by atoms with Gasteiger partial charge in [-0.25, -0.2) is 14.4 Å². The summed E-state index contributed by atoms with van der Waals surface area (Å²) in [4.78, 5) is 37.4. The molecule has 0 spiro atoms. The van der Waals surface area contributed by atoms with Crippen molar-refractivity contribution in [3.8, 4) is 11.5 Å². The monoisotopic (exact) mass is 437 g/mol. The van der Waals surface area contributed by atoms with Crippen LogP contribution in [0.2, 0.25) is 0 Å². The second kappa shape index (κ2) is 11.8. The van der Waals surface area contributed by atoms with Crippen molar-refractivity contribution in [1.82, 2.24) is 10.6 Å². The highest BCUT2D eigenvalue weighted by Gasteiger charge is 2.17. The summed E-state index contributed by atoms with van der Waals surface area (Å²) in [6, 6.07) is 4.66. The third-order valence-electron chi connectivity index (χ3n) is 3.16. The average Bonchev–Trinajstić information content (AvgIpc) is 2.61. The van der Waals surface area contributed by atoms with Crippen molar-refractivity contribution in [1.29, 1.82) is 0 Å². The first-order valence-electron chi connectivity index (χ1n) is 9.81. The molecule has 31 heavy (non-hydrogen) atoms. The standard InChI is InChI=1S/C21H31N3O7/c1-20(2,3)30-18(26)22-9-11-28-16-8-7-15(24-14-25)13-17(16)29-12-10-23-19(27)31-21(4,5)6/h7-8,13H,9-12H2,1-6H3,(H,22,26)(H,23,27). The van der Waals surface area contributed by atoms with Crippen LogP contribution in [0, 0.1) is 0 Å². The summed E-state index contributed by atoms with van der Waals surface area (Å²) < 4.78 is 21.6. The van der Waals surface area contributed by atoms with Crippen molar-refractivity contribution >= 4 is 24.0 Å². The van der Waals surface area contributed by atoms with Gasteiger partial charge in [-0.2, -0.15) is 4.99 Å². The summed E-state index contributed by atoms with van der Waals surface area (Å²) >= 11 is 0. The summed E-state index contributed by atoms with van der Waals surface area (Å²) in [5, 5.41) is 5.16. The van der Waals surface area contributed by atoms with Crippen molar-refractivity contribution in [2.24, 2.45) is 4.99 Å². The Hall–Kier alpha value is -3.26. The van der Waals surface area contributed by atoms with Crippen LogP contribution in [0.1, 0.15) is 41.5 Å². The van der Waals surface area contributed by atoms with Crippen LogP contribution in [0.4, 0.5) is 15.3 Å². The number of isocyanates is 1. The van der Waals surface area contributed by atoms with Gasteiger partial charge in [0.05, 0.1) is 18.8 Å². The number of nitrogens with zero attached hydrogens (tertiary/aromatic N) is 1. The molecule has 0 aliphatic carbocycles. The van der Waals surface area contributed by atoms with Gasteiger partial charge in [0.1, 0.15) is 24.4 Å². The normalized spacial score (nSPS) is 11.0. The molecule has 0 aliphatic rings. The molecule has 0 atom stereocenters. The molecule has 0 aromatic heterocycles. The molecule has 1 rings (SSSR count). The van der Waals surface area contributed by atoms with Gasteiger partial charge in [-0.3, -0.25) is 0 Å². The van der Waals surface area contributed by atoms with Gasteiger partial charge in [0.2, 0.25) is 6.08 Å². The molecule has 0 saturated carbocycles. The van der Waals surface area contributed by atoms with E-state index in [0.717, 1.165) is 0 Å². The molecule has 0 saturated heterocycles. The molecule has 0 fully saturated rings. The van der Waals surface area contributed by atoms with Crippen LogP contribution in [0.3, 0.4) is 0 Å². The minimum atomic E-state index is -0.597. The van der Waals surface area contributed by atoms with Gasteiger partial charge in [0.25, 0.3) is 0 Å². The molecule has 0 aliphatic heterocycles. The Morgan fingerprint density at radius 2 is 1.35 bits per heavy atom. The van der Waals surface area contributed by atoms with Crippen molar-refractivity contribution in [3.05, 3.63) is 18.2 Å². The van der Waals surface area contributed by atoms with Crippen molar-refractivity contribution in [3.63, 3.8) is 0 Å². The maximum absolute atomic E-state index is 11.7. The van der Waals surface area contributed by atoms with E-state index in [1.165, 1.54) is 12.1 Å². The summed E-state index contributed by atoms with van der Waals surface area (Å²) in [6.07, 6.45) is 0.361. The van der Waals surface area contributed by atoms with E-state index in [2.05, 4.69) is 15.6 Å². The minimum Gasteiger partial charge on any atom is -0.488 e. The molecule has 0 unspecified atom stereocenters. The van der Waals surface area contributed by atoms with Crippen molar-refractivity contribution in [2.75, 3.05) is 26.3 Å². The van der Waals surface area contributed by atoms with Crippen LogP contribution in [0.15, 0.2) is 23.2 Å². The smallest absolute Gasteiger partial charge is 0.407 e. The van der Waals surface area contributed by atoms with Gasteiger partial charge in [-0.05, 0) is 53.7 Å². The van der Waals surface area contributed by atoms with E-state index >= 15 is 0 Å². The molecule has 2 amide bonds. The molecule has 2 N–H and O–H groups in total. The molecular weight excluding hydrogens is 406 g/mol. The number of rotatable bonds is 9. The molecule has 0 heterocycles. The Morgan fingerprint density at radius 3 is 1.81 bits per heavy atom. The number of aliphatic imine (C=N–C) groups is 1. The van der Waals surface area contributed by atoms with Crippen LogP contribution in [-0.4, -0.2) is 55.8 Å². The van der Waals surface area contributed by atoms with Gasteiger partial charge in [0, 0.05) is 6.07 Å². The van der Waals surface area contributed by atoms with Gasteiger partial charge in [-0.1, -0.05) is 0 Å². The lowest BCUT2D eigenvalue weighted by Crippen LogP contribution is -2.35. The zero-order valence-electron chi connectivity index (χ0n) is 18.9. The number of nitrogens with one attached hydrogen (secondary N) is 2. The Labute approximate surface area is 182 Å². The number of hydrogen-bond donors (Lipinski definition) is 2. The van der Waals surface area contributed by atoms with Gasteiger partial charge in [0.15, 0.2) is 11.5 Å². The number of alkyl carbamates (subject to hydrolysis) is 2. The Balaban J connectivity index is 2.59. The van der Waals surface area contributed by atoms with Crippen LogP contribution in [0.5, 0.6) is 11.5 Å². The van der Waals surface area contributed by atoms with Crippen LogP contribution < -0.4 is 20.1 Å². The number of hydrogen-bond acceptors (Lipinski definition) is 8.